The number of allylic oxidation sites excluding steroid dienone is 1. The van der Waals surface area contributed by atoms with Crippen molar-refractivity contribution in [2.24, 2.45) is 0 Å². The van der Waals surface area contributed by atoms with Gasteiger partial charge in [-0.05, 0) is 12.1 Å². The molecule has 0 aliphatic carbocycles. The Hall–Kier alpha value is -3.55. The second-order valence-corrected chi connectivity index (χ2v) is 4.62. The Bertz CT molecular complexity index is 867. The molecular formula is C16H13N3O5. The molecule has 8 heteroatoms. The molecule has 2 heterocycles. The number of methoxy groups -OCH3 is 1. The highest BCUT2D eigenvalue weighted by Crippen LogP contribution is 2.31. The van der Waals surface area contributed by atoms with E-state index < -0.39 is 5.78 Å². The number of nitrogens with one attached hydrogen (secondary N) is 1. The van der Waals surface area contributed by atoms with Crippen molar-refractivity contribution in [3.05, 3.63) is 60.4 Å². The number of para-hydroxylation sites is 2. The molecule has 0 atom stereocenters. The number of aliphatic hydroxyl groups is 1. The summed E-state index contributed by atoms with van der Waals surface area (Å²) in [6, 6.07) is 8.44. The smallest absolute Gasteiger partial charge is 0.290 e. The third kappa shape index (κ3) is 3.27. The molecule has 3 rings (SSSR count). The quantitative estimate of drug-likeness (QED) is 0.407. The Morgan fingerprint density at radius 2 is 2.12 bits per heavy atom. The number of hydrogen-bond donors (Lipinski definition) is 2. The van der Waals surface area contributed by atoms with Crippen LogP contribution in [0.25, 0.3) is 5.76 Å². The van der Waals surface area contributed by atoms with Gasteiger partial charge >= 0.3 is 0 Å². The van der Waals surface area contributed by atoms with Gasteiger partial charge in [0.2, 0.25) is 5.82 Å². The van der Waals surface area contributed by atoms with Gasteiger partial charge in [-0.1, -0.05) is 12.1 Å². The van der Waals surface area contributed by atoms with E-state index in [0.29, 0.717) is 11.5 Å². The standard InChI is InChI=1S/C16H13N3O5/c1-22-13-4-2-3-5-14(13)24-15-6-10(8-23-15)11(20)7-12(21)16-17-9-18-19-16/h2-9,21H,1H3,(H,17,18,19). The number of ketones is 1. The molecule has 1 aromatic carbocycles. The number of nitrogens with zero attached hydrogens (tertiary/aromatic N) is 2. The van der Waals surface area contributed by atoms with Crippen molar-refractivity contribution in [2.45, 2.75) is 0 Å². The summed E-state index contributed by atoms with van der Waals surface area (Å²) in [5, 5.41) is 15.9. The number of rotatable bonds is 6. The zero-order chi connectivity index (χ0) is 16.9. The van der Waals surface area contributed by atoms with Crippen LogP contribution in [0.3, 0.4) is 0 Å². The van der Waals surface area contributed by atoms with Gasteiger partial charge in [0.25, 0.3) is 5.95 Å². The molecule has 3 aromatic rings. The van der Waals surface area contributed by atoms with Crippen molar-refractivity contribution < 1.29 is 23.8 Å². The minimum atomic E-state index is -0.476. The molecule has 2 N–H and O–H groups in total. The van der Waals surface area contributed by atoms with E-state index in [1.807, 2.05) is 0 Å². The van der Waals surface area contributed by atoms with Gasteiger partial charge in [-0.3, -0.25) is 9.89 Å². The van der Waals surface area contributed by atoms with Gasteiger partial charge in [0, 0.05) is 12.1 Å². The number of aromatic amines is 1. The Balaban J connectivity index is 1.76. The molecule has 122 valence electrons. The number of benzene rings is 1. The first-order valence-electron chi connectivity index (χ1n) is 6.88. The van der Waals surface area contributed by atoms with Gasteiger partial charge in [0.1, 0.15) is 12.6 Å². The Morgan fingerprint density at radius 1 is 1.33 bits per heavy atom. The topological polar surface area (TPSA) is 110 Å². The lowest BCUT2D eigenvalue weighted by molar-refractivity contribution is 0.104. The van der Waals surface area contributed by atoms with Gasteiger partial charge in [0.05, 0.1) is 12.7 Å². The predicted molar refractivity (Wildman–Crippen MR) is 83.1 cm³/mol. The summed E-state index contributed by atoms with van der Waals surface area (Å²) in [5.41, 5.74) is 0.210. The normalized spacial score (nSPS) is 11.3. The molecule has 8 nitrogen and oxygen atoms in total. The van der Waals surface area contributed by atoms with E-state index in [0.717, 1.165) is 6.08 Å². The number of H-pyrrole nitrogens is 1. The van der Waals surface area contributed by atoms with E-state index in [9.17, 15) is 9.90 Å². The predicted octanol–water partition coefficient (Wildman–Crippen LogP) is 2.98. The third-order valence-electron chi connectivity index (χ3n) is 3.05. The van der Waals surface area contributed by atoms with Crippen LogP contribution in [0.4, 0.5) is 0 Å². The maximum absolute atomic E-state index is 12.1. The van der Waals surface area contributed by atoms with E-state index in [1.54, 1.807) is 24.3 Å². The van der Waals surface area contributed by atoms with Crippen LogP contribution in [0, 0.1) is 0 Å². The zero-order valence-corrected chi connectivity index (χ0v) is 12.6. The number of carbonyl (C=O) groups is 1. The van der Waals surface area contributed by atoms with Crippen LogP contribution in [-0.4, -0.2) is 33.2 Å². The first-order chi connectivity index (χ1) is 11.7. The first kappa shape index (κ1) is 15.3. The Kier molecular flexibility index (Phi) is 4.28. The summed E-state index contributed by atoms with van der Waals surface area (Å²) in [4.78, 5) is 15.8. The van der Waals surface area contributed by atoms with Gasteiger partial charge in [-0.25, -0.2) is 4.98 Å². The summed E-state index contributed by atoms with van der Waals surface area (Å²) in [7, 11) is 1.52. The molecule has 0 bridgehead atoms. The van der Waals surface area contributed by atoms with E-state index in [2.05, 4.69) is 15.2 Å². The second kappa shape index (κ2) is 6.69. The number of ether oxygens (including phenoxy) is 2. The van der Waals surface area contributed by atoms with Crippen LogP contribution in [-0.2, 0) is 0 Å². The van der Waals surface area contributed by atoms with Crippen LogP contribution in [0.5, 0.6) is 17.4 Å². The molecule has 0 aliphatic heterocycles. The number of furan rings is 1. The fourth-order valence-corrected chi connectivity index (χ4v) is 1.92. The summed E-state index contributed by atoms with van der Waals surface area (Å²) < 4.78 is 15.9. The molecule has 24 heavy (non-hydrogen) atoms. The van der Waals surface area contributed by atoms with E-state index >= 15 is 0 Å². The molecule has 0 saturated carbocycles. The fourth-order valence-electron chi connectivity index (χ4n) is 1.92. The number of hydrogen-bond acceptors (Lipinski definition) is 7. The second-order valence-electron chi connectivity index (χ2n) is 4.62. The van der Waals surface area contributed by atoms with Gasteiger partial charge < -0.3 is 19.0 Å². The first-order valence-corrected chi connectivity index (χ1v) is 6.88. The third-order valence-corrected chi connectivity index (χ3v) is 3.05. The number of aliphatic hydroxyl groups excluding tert-OH is 1. The van der Waals surface area contributed by atoms with Crippen molar-refractivity contribution in [2.75, 3.05) is 7.11 Å². The van der Waals surface area contributed by atoms with Crippen LogP contribution >= 0.6 is 0 Å². The average Bonchev–Trinajstić information content (AvgIpc) is 3.27. The van der Waals surface area contributed by atoms with Crippen LogP contribution in [0.15, 0.2) is 53.4 Å². The minimum absolute atomic E-state index is 0.0253. The highest BCUT2D eigenvalue weighted by molar-refractivity contribution is 6.07. The maximum atomic E-state index is 12.1. The summed E-state index contributed by atoms with van der Waals surface area (Å²) in [5.74, 6) is 0.299. The Morgan fingerprint density at radius 3 is 2.83 bits per heavy atom. The molecular weight excluding hydrogens is 314 g/mol. The van der Waals surface area contributed by atoms with Crippen LogP contribution in [0.1, 0.15) is 16.2 Å². The molecule has 0 fully saturated rings. The molecule has 0 amide bonds. The van der Waals surface area contributed by atoms with Crippen molar-refractivity contribution in [1.82, 2.24) is 15.2 Å². The summed E-state index contributed by atoms with van der Waals surface area (Å²) >= 11 is 0. The van der Waals surface area contributed by atoms with Gasteiger partial charge in [-0.15, -0.1) is 0 Å². The van der Waals surface area contributed by atoms with E-state index in [-0.39, 0.29) is 23.1 Å². The Labute approximate surface area is 136 Å². The average molecular weight is 327 g/mol. The van der Waals surface area contributed by atoms with Crippen LogP contribution < -0.4 is 9.47 Å². The van der Waals surface area contributed by atoms with Crippen molar-refractivity contribution in [3.8, 4) is 17.4 Å². The summed E-state index contributed by atoms with van der Waals surface area (Å²) in [6.45, 7) is 0. The lowest BCUT2D eigenvalue weighted by Gasteiger charge is -2.06. The van der Waals surface area contributed by atoms with Crippen molar-refractivity contribution in [1.29, 1.82) is 0 Å². The monoisotopic (exact) mass is 327 g/mol. The fraction of sp³-hybridized carbons (Fsp3) is 0.0625. The van der Waals surface area contributed by atoms with Gasteiger partial charge in [-0.2, -0.15) is 5.10 Å². The summed E-state index contributed by atoms with van der Waals surface area (Å²) in [6.07, 6.45) is 3.52. The van der Waals surface area contributed by atoms with E-state index in [1.165, 1.54) is 25.8 Å². The molecule has 0 saturated heterocycles. The minimum Gasteiger partial charge on any atom is -0.504 e. The SMILES string of the molecule is COc1ccccc1Oc1cc(C(=O)C=C(O)c2nc[nH]n2)co1. The molecule has 0 spiro atoms. The lowest BCUT2D eigenvalue weighted by atomic mass is 10.2. The lowest BCUT2D eigenvalue weighted by Crippen LogP contribution is -1.96. The van der Waals surface area contributed by atoms with Crippen molar-refractivity contribution >= 4 is 11.5 Å². The number of aromatic nitrogens is 3. The maximum Gasteiger partial charge on any atom is 0.290 e. The van der Waals surface area contributed by atoms with E-state index in [4.69, 9.17) is 13.9 Å². The molecule has 0 radical (unpaired) electrons. The highest BCUT2D eigenvalue weighted by Gasteiger charge is 2.14. The molecule has 0 aliphatic rings. The zero-order valence-electron chi connectivity index (χ0n) is 12.6. The van der Waals surface area contributed by atoms with Gasteiger partial charge in [0.15, 0.2) is 23.0 Å². The highest BCUT2D eigenvalue weighted by atomic mass is 16.6. The molecule has 0 unspecified atom stereocenters. The van der Waals surface area contributed by atoms with Crippen LogP contribution in [0.2, 0.25) is 0 Å². The largest absolute Gasteiger partial charge is 0.504 e. The van der Waals surface area contributed by atoms with Crippen molar-refractivity contribution in [3.63, 3.8) is 0 Å². The molecule has 2 aromatic heterocycles. The number of carbonyl (C=O) groups excluding carboxylic acids is 1.